The van der Waals surface area contributed by atoms with E-state index in [1.165, 1.54) is 24.5 Å². The standard InChI is InChI=1S/C11H8F2N2O2S/c12-8-3-4-11(10(13)6-8)18(16,17)15-9-2-1-5-14-7-9/h1-7,15H. The van der Waals surface area contributed by atoms with Crippen LogP contribution >= 0.6 is 0 Å². The molecule has 0 aliphatic rings. The van der Waals surface area contributed by atoms with Crippen LogP contribution in [0.3, 0.4) is 0 Å². The molecule has 0 aliphatic carbocycles. The lowest BCUT2D eigenvalue weighted by atomic mass is 10.3. The summed E-state index contributed by atoms with van der Waals surface area (Å²) in [5.41, 5.74) is 0.196. The molecule has 1 heterocycles. The Bertz CT molecular complexity index is 660. The maximum Gasteiger partial charge on any atom is 0.264 e. The first-order valence-corrected chi connectivity index (χ1v) is 6.35. The van der Waals surface area contributed by atoms with Crippen LogP contribution in [0.15, 0.2) is 47.6 Å². The number of anilines is 1. The van der Waals surface area contributed by atoms with Crippen molar-refractivity contribution in [1.29, 1.82) is 0 Å². The molecule has 0 saturated carbocycles. The zero-order valence-corrected chi connectivity index (χ0v) is 9.79. The number of hydrogen-bond acceptors (Lipinski definition) is 3. The predicted molar refractivity (Wildman–Crippen MR) is 61.4 cm³/mol. The predicted octanol–water partition coefficient (Wildman–Crippen LogP) is 2.16. The third kappa shape index (κ3) is 2.62. The van der Waals surface area contributed by atoms with Crippen LogP contribution in [0.2, 0.25) is 0 Å². The number of halogens is 2. The molecule has 4 nitrogen and oxygen atoms in total. The largest absolute Gasteiger partial charge is 0.278 e. The third-order valence-electron chi connectivity index (χ3n) is 2.10. The molecule has 1 N–H and O–H groups in total. The van der Waals surface area contributed by atoms with Crippen molar-refractivity contribution in [3.63, 3.8) is 0 Å². The van der Waals surface area contributed by atoms with E-state index in [4.69, 9.17) is 0 Å². The van der Waals surface area contributed by atoms with E-state index in [-0.39, 0.29) is 5.69 Å². The maximum absolute atomic E-state index is 13.4. The molecule has 0 spiro atoms. The first-order valence-electron chi connectivity index (χ1n) is 4.87. The van der Waals surface area contributed by atoms with Gasteiger partial charge in [-0.15, -0.1) is 0 Å². The second kappa shape index (κ2) is 4.69. The van der Waals surface area contributed by atoms with Crippen LogP contribution < -0.4 is 4.72 Å². The van der Waals surface area contributed by atoms with Gasteiger partial charge in [-0.25, -0.2) is 17.2 Å². The molecule has 7 heteroatoms. The first kappa shape index (κ1) is 12.4. The molecule has 0 amide bonds. The average molecular weight is 270 g/mol. The fourth-order valence-corrected chi connectivity index (χ4v) is 2.43. The van der Waals surface area contributed by atoms with Crippen LogP contribution in [0.1, 0.15) is 0 Å². The van der Waals surface area contributed by atoms with Crippen LogP contribution in [0.25, 0.3) is 0 Å². The number of pyridine rings is 1. The minimum Gasteiger partial charge on any atom is -0.278 e. The summed E-state index contributed by atoms with van der Waals surface area (Å²) in [7, 11) is -4.09. The van der Waals surface area contributed by atoms with E-state index >= 15 is 0 Å². The molecule has 0 unspecified atom stereocenters. The number of aromatic nitrogens is 1. The summed E-state index contributed by atoms with van der Waals surface area (Å²) in [6.07, 6.45) is 2.75. The van der Waals surface area contributed by atoms with Crippen molar-refractivity contribution >= 4 is 15.7 Å². The Morgan fingerprint density at radius 1 is 1.17 bits per heavy atom. The van der Waals surface area contributed by atoms with E-state index in [0.717, 1.165) is 12.1 Å². The van der Waals surface area contributed by atoms with Gasteiger partial charge in [0, 0.05) is 12.3 Å². The quantitative estimate of drug-likeness (QED) is 0.929. The molecule has 1 aromatic heterocycles. The van der Waals surface area contributed by atoms with Crippen molar-refractivity contribution in [2.45, 2.75) is 4.90 Å². The van der Waals surface area contributed by atoms with Gasteiger partial charge >= 0.3 is 0 Å². The van der Waals surface area contributed by atoms with Crippen LogP contribution in [0.5, 0.6) is 0 Å². The van der Waals surface area contributed by atoms with Gasteiger partial charge in [0.05, 0.1) is 11.9 Å². The van der Waals surface area contributed by atoms with Gasteiger partial charge in [0.2, 0.25) is 0 Å². The molecule has 0 aliphatic heterocycles. The van der Waals surface area contributed by atoms with Crippen molar-refractivity contribution < 1.29 is 17.2 Å². The van der Waals surface area contributed by atoms with E-state index in [2.05, 4.69) is 9.71 Å². The molecule has 0 saturated heterocycles. The molecule has 2 aromatic rings. The SMILES string of the molecule is O=S(=O)(Nc1cccnc1)c1ccc(F)cc1F. The zero-order valence-electron chi connectivity index (χ0n) is 8.97. The molecule has 0 radical (unpaired) electrons. The van der Waals surface area contributed by atoms with Crippen molar-refractivity contribution in [1.82, 2.24) is 4.98 Å². The van der Waals surface area contributed by atoms with Crippen LogP contribution in [-0.4, -0.2) is 13.4 Å². The lowest BCUT2D eigenvalue weighted by molar-refractivity contribution is 0.551. The van der Waals surface area contributed by atoms with Gasteiger partial charge in [-0.3, -0.25) is 9.71 Å². The Morgan fingerprint density at radius 2 is 1.94 bits per heavy atom. The third-order valence-corrected chi connectivity index (χ3v) is 3.51. The van der Waals surface area contributed by atoms with E-state index in [9.17, 15) is 17.2 Å². The second-order valence-corrected chi connectivity index (χ2v) is 5.07. The summed E-state index contributed by atoms with van der Waals surface area (Å²) >= 11 is 0. The van der Waals surface area contributed by atoms with Crippen LogP contribution in [0, 0.1) is 11.6 Å². The normalized spacial score (nSPS) is 11.2. The molecule has 0 bridgehead atoms. The average Bonchev–Trinajstić information content (AvgIpc) is 2.29. The van der Waals surface area contributed by atoms with E-state index in [0.29, 0.717) is 6.07 Å². The van der Waals surface area contributed by atoms with Gasteiger partial charge in [-0.1, -0.05) is 0 Å². The molecule has 2 rings (SSSR count). The summed E-state index contributed by atoms with van der Waals surface area (Å²) in [6.45, 7) is 0. The summed E-state index contributed by atoms with van der Waals surface area (Å²) in [5, 5.41) is 0. The number of nitrogens with one attached hydrogen (secondary N) is 1. The van der Waals surface area contributed by atoms with Gasteiger partial charge in [-0.05, 0) is 24.3 Å². The number of hydrogen-bond donors (Lipinski definition) is 1. The number of rotatable bonds is 3. The Balaban J connectivity index is 2.37. The Morgan fingerprint density at radius 3 is 2.56 bits per heavy atom. The highest BCUT2D eigenvalue weighted by Crippen LogP contribution is 2.18. The van der Waals surface area contributed by atoms with Crippen LogP contribution in [-0.2, 0) is 10.0 Å². The van der Waals surface area contributed by atoms with Crippen LogP contribution in [0.4, 0.5) is 14.5 Å². The fourth-order valence-electron chi connectivity index (χ4n) is 1.33. The number of benzene rings is 1. The summed E-state index contributed by atoms with van der Waals surface area (Å²) in [4.78, 5) is 3.10. The fraction of sp³-hybridized carbons (Fsp3) is 0. The molecular formula is C11H8F2N2O2S. The van der Waals surface area contributed by atoms with Crippen molar-refractivity contribution in [2.24, 2.45) is 0 Å². The van der Waals surface area contributed by atoms with Gasteiger partial charge in [0.15, 0.2) is 0 Å². The highest BCUT2D eigenvalue weighted by Gasteiger charge is 2.19. The van der Waals surface area contributed by atoms with Crippen molar-refractivity contribution in [3.05, 3.63) is 54.4 Å². The Kier molecular flexibility index (Phi) is 3.24. The summed E-state index contributed by atoms with van der Waals surface area (Å²) < 4.78 is 51.9. The second-order valence-electron chi connectivity index (χ2n) is 3.42. The monoisotopic (exact) mass is 270 g/mol. The van der Waals surface area contributed by atoms with Crippen molar-refractivity contribution in [2.75, 3.05) is 4.72 Å². The molecule has 1 aromatic carbocycles. The molecule has 18 heavy (non-hydrogen) atoms. The van der Waals surface area contributed by atoms with Gasteiger partial charge < -0.3 is 0 Å². The van der Waals surface area contributed by atoms with Gasteiger partial charge in [0.25, 0.3) is 10.0 Å². The highest BCUT2D eigenvalue weighted by atomic mass is 32.2. The van der Waals surface area contributed by atoms with Gasteiger partial charge in [-0.2, -0.15) is 0 Å². The first-order chi connectivity index (χ1) is 8.49. The van der Waals surface area contributed by atoms with Gasteiger partial charge in [0.1, 0.15) is 16.5 Å². The van der Waals surface area contributed by atoms with E-state index < -0.39 is 26.6 Å². The molecule has 0 fully saturated rings. The zero-order chi connectivity index (χ0) is 13.2. The smallest absolute Gasteiger partial charge is 0.264 e. The summed E-state index contributed by atoms with van der Waals surface area (Å²) in [5.74, 6) is -1.99. The minimum atomic E-state index is -4.09. The lowest BCUT2D eigenvalue weighted by Crippen LogP contribution is -2.14. The Labute approximate surface area is 102 Å². The maximum atomic E-state index is 13.4. The number of sulfonamides is 1. The number of nitrogens with zero attached hydrogens (tertiary/aromatic N) is 1. The van der Waals surface area contributed by atoms with E-state index in [1.807, 2.05) is 0 Å². The van der Waals surface area contributed by atoms with E-state index in [1.54, 1.807) is 0 Å². The summed E-state index contributed by atoms with van der Waals surface area (Å²) in [6, 6.07) is 5.24. The molecule has 94 valence electrons. The molecule has 0 atom stereocenters. The highest BCUT2D eigenvalue weighted by molar-refractivity contribution is 7.92. The lowest BCUT2D eigenvalue weighted by Gasteiger charge is -2.08. The topological polar surface area (TPSA) is 59.1 Å². The van der Waals surface area contributed by atoms with Crippen molar-refractivity contribution in [3.8, 4) is 0 Å². The molecular weight excluding hydrogens is 262 g/mol. The Hall–Kier alpha value is -2.02. The minimum absolute atomic E-state index is 0.196.